The van der Waals surface area contributed by atoms with Crippen molar-refractivity contribution in [2.24, 2.45) is 0 Å². The number of aromatic carboxylic acids is 1. The summed E-state index contributed by atoms with van der Waals surface area (Å²) in [5.41, 5.74) is 1.65. The number of aryl methyl sites for hydroxylation is 1. The van der Waals surface area contributed by atoms with Gasteiger partial charge in [-0.1, -0.05) is 28.9 Å². The maximum absolute atomic E-state index is 11.3. The fraction of sp³-hybridized carbons (Fsp3) is 0.375. The lowest BCUT2D eigenvalue weighted by atomic mass is 10.1. The van der Waals surface area contributed by atoms with Crippen molar-refractivity contribution in [3.05, 3.63) is 51.9 Å². The summed E-state index contributed by atoms with van der Waals surface area (Å²) in [6, 6.07) is 7.56. The Morgan fingerprint density at radius 3 is 2.87 bits per heavy atom. The highest BCUT2D eigenvalue weighted by Crippen LogP contribution is 2.25. The number of aromatic nitrogens is 1. The van der Waals surface area contributed by atoms with Crippen LogP contribution in [0.4, 0.5) is 0 Å². The van der Waals surface area contributed by atoms with Gasteiger partial charge in [0.2, 0.25) is 0 Å². The Balaban J connectivity index is 1.72. The molecule has 7 heteroatoms. The molecule has 23 heavy (non-hydrogen) atoms. The molecule has 2 aromatic rings. The van der Waals surface area contributed by atoms with Crippen molar-refractivity contribution in [1.82, 2.24) is 10.1 Å². The molecule has 2 heterocycles. The van der Waals surface area contributed by atoms with Crippen LogP contribution < -0.4 is 0 Å². The molecule has 1 aliphatic rings. The van der Waals surface area contributed by atoms with Gasteiger partial charge in [0, 0.05) is 24.7 Å². The molecule has 0 amide bonds. The Hall–Kier alpha value is -1.89. The summed E-state index contributed by atoms with van der Waals surface area (Å²) in [5, 5.41) is 13.8. The smallest absolute Gasteiger partial charge is 0.341 e. The number of rotatable bonds is 4. The lowest BCUT2D eigenvalue weighted by Crippen LogP contribution is -2.38. The Bertz CT molecular complexity index is 699. The van der Waals surface area contributed by atoms with Crippen molar-refractivity contribution >= 4 is 17.6 Å². The van der Waals surface area contributed by atoms with Gasteiger partial charge in [0.15, 0.2) is 0 Å². The third-order valence-electron chi connectivity index (χ3n) is 3.91. The summed E-state index contributed by atoms with van der Waals surface area (Å²) < 4.78 is 10.8. The minimum Gasteiger partial charge on any atom is -0.477 e. The van der Waals surface area contributed by atoms with E-state index in [1.165, 1.54) is 0 Å². The van der Waals surface area contributed by atoms with Crippen LogP contribution in [0.25, 0.3) is 0 Å². The van der Waals surface area contributed by atoms with Crippen molar-refractivity contribution in [1.29, 1.82) is 0 Å². The van der Waals surface area contributed by atoms with Gasteiger partial charge in [0.05, 0.1) is 12.7 Å². The van der Waals surface area contributed by atoms with E-state index in [4.69, 9.17) is 20.9 Å². The predicted molar refractivity (Wildman–Crippen MR) is 83.6 cm³/mol. The summed E-state index contributed by atoms with van der Waals surface area (Å²) in [7, 11) is 0. The van der Waals surface area contributed by atoms with Gasteiger partial charge in [0.1, 0.15) is 17.0 Å². The molecule has 0 radical (unpaired) electrons. The zero-order valence-electron chi connectivity index (χ0n) is 12.7. The molecule has 1 aromatic carbocycles. The third kappa shape index (κ3) is 3.55. The second-order valence-electron chi connectivity index (χ2n) is 5.51. The number of morpholine rings is 1. The second-order valence-corrected chi connectivity index (χ2v) is 5.95. The number of carbonyl (C=O) groups is 1. The highest BCUT2D eigenvalue weighted by molar-refractivity contribution is 6.30. The van der Waals surface area contributed by atoms with E-state index in [1.54, 1.807) is 6.92 Å². The van der Waals surface area contributed by atoms with Crippen LogP contribution in [0.5, 0.6) is 0 Å². The Labute approximate surface area is 138 Å². The topological polar surface area (TPSA) is 75.8 Å². The van der Waals surface area contributed by atoms with E-state index >= 15 is 0 Å². The van der Waals surface area contributed by atoms with Gasteiger partial charge < -0.3 is 14.4 Å². The van der Waals surface area contributed by atoms with Crippen molar-refractivity contribution < 1.29 is 19.2 Å². The molecule has 1 unspecified atom stereocenters. The van der Waals surface area contributed by atoms with Crippen molar-refractivity contribution in [2.45, 2.75) is 19.6 Å². The molecule has 1 fully saturated rings. The van der Waals surface area contributed by atoms with Crippen molar-refractivity contribution in [3.63, 3.8) is 0 Å². The van der Waals surface area contributed by atoms with Gasteiger partial charge in [-0.15, -0.1) is 0 Å². The minimum atomic E-state index is -1.01. The van der Waals surface area contributed by atoms with E-state index in [1.807, 2.05) is 24.3 Å². The Morgan fingerprint density at radius 2 is 2.17 bits per heavy atom. The van der Waals surface area contributed by atoms with Crippen LogP contribution in [0.1, 0.15) is 33.5 Å². The Morgan fingerprint density at radius 1 is 1.43 bits per heavy atom. The molecule has 3 rings (SSSR count). The van der Waals surface area contributed by atoms with Crippen LogP contribution in [-0.4, -0.2) is 40.8 Å². The summed E-state index contributed by atoms with van der Waals surface area (Å²) in [5.74, 6) is -0.684. The summed E-state index contributed by atoms with van der Waals surface area (Å²) >= 11 is 5.91. The summed E-state index contributed by atoms with van der Waals surface area (Å²) in [6.07, 6.45) is -0.0673. The highest BCUT2D eigenvalue weighted by atomic mass is 35.5. The van der Waals surface area contributed by atoms with Crippen molar-refractivity contribution in [2.75, 3.05) is 19.7 Å². The molecule has 122 valence electrons. The maximum atomic E-state index is 11.3. The van der Waals surface area contributed by atoms with Gasteiger partial charge in [-0.25, -0.2) is 4.79 Å². The predicted octanol–water partition coefficient (Wildman–Crippen LogP) is 2.91. The van der Waals surface area contributed by atoms with Crippen LogP contribution in [-0.2, 0) is 11.3 Å². The number of halogens is 1. The molecule has 0 bridgehead atoms. The summed E-state index contributed by atoms with van der Waals surface area (Å²) in [6.45, 7) is 3.98. The number of carboxylic acid groups (broad SMARTS) is 1. The highest BCUT2D eigenvalue weighted by Gasteiger charge is 2.26. The van der Waals surface area contributed by atoms with Crippen LogP contribution in [0.3, 0.4) is 0 Å². The third-order valence-corrected chi connectivity index (χ3v) is 4.16. The second kappa shape index (κ2) is 6.70. The van der Waals surface area contributed by atoms with Gasteiger partial charge in [-0.2, -0.15) is 0 Å². The zero-order valence-corrected chi connectivity index (χ0v) is 13.4. The van der Waals surface area contributed by atoms with Crippen molar-refractivity contribution in [3.8, 4) is 0 Å². The van der Waals surface area contributed by atoms with Gasteiger partial charge >= 0.3 is 5.97 Å². The molecular weight excluding hydrogens is 320 g/mol. The fourth-order valence-corrected chi connectivity index (χ4v) is 2.86. The number of ether oxygens (including phenoxy) is 1. The molecule has 1 aliphatic heterocycles. The number of benzene rings is 1. The molecule has 0 spiro atoms. The van der Waals surface area contributed by atoms with Crippen LogP contribution in [0.2, 0.25) is 5.02 Å². The first-order valence-corrected chi connectivity index (χ1v) is 7.70. The van der Waals surface area contributed by atoms with E-state index in [0.717, 1.165) is 12.1 Å². The number of nitrogens with zero attached hydrogens (tertiary/aromatic N) is 2. The quantitative estimate of drug-likeness (QED) is 0.925. The molecule has 0 aliphatic carbocycles. The fourth-order valence-electron chi connectivity index (χ4n) is 2.74. The lowest BCUT2D eigenvalue weighted by Gasteiger charge is -2.32. The van der Waals surface area contributed by atoms with Gasteiger partial charge in [-0.3, -0.25) is 4.90 Å². The molecule has 1 saturated heterocycles. The lowest BCUT2D eigenvalue weighted by molar-refractivity contribution is -0.0335. The molecule has 1 atom stereocenters. The number of carboxylic acids is 1. The molecular formula is C16H17ClN2O4. The number of hydrogen-bond donors (Lipinski definition) is 1. The maximum Gasteiger partial charge on any atom is 0.341 e. The van der Waals surface area contributed by atoms with E-state index in [2.05, 4.69) is 10.1 Å². The standard InChI is InChI=1S/C16H17ClN2O4/c1-10-15(16(20)21)13(18-23-10)8-19-6-7-22-14(9-19)11-2-4-12(17)5-3-11/h2-5,14H,6-9H2,1H3,(H,20,21). The van der Waals surface area contributed by atoms with Gasteiger partial charge in [-0.05, 0) is 24.6 Å². The largest absolute Gasteiger partial charge is 0.477 e. The van der Waals surface area contributed by atoms with E-state index in [-0.39, 0.29) is 11.7 Å². The molecule has 1 N–H and O–H groups in total. The average Bonchev–Trinajstić information content (AvgIpc) is 2.89. The van der Waals surface area contributed by atoms with Gasteiger partial charge in [0.25, 0.3) is 0 Å². The molecule has 6 nitrogen and oxygen atoms in total. The first-order chi connectivity index (χ1) is 11.0. The first kappa shape index (κ1) is 16.0. The first-order valence-electron chi connectivity index (χ1n) is 7.32. The Kier molecular flexibility index (Phi) is 4.66. The molecule has 0 saturated carbocycles. The normalized spacial score (nSPS) is 19.0. The van der Waals surface area contributed by atoms with Crippen LogP contribution in [0, 0.1) is 6.92 Å². The average molecular weight is 337 g/mol. The monoisotopic (exact) mass is 336 g/mol. The van der Waals surface area contributed by atoms with Crippen LogP contribution in [0.15, 0.2) is 28.8 Å². The molecule has 1 aromatic heterocycles. The SMILES string of the molecule is Cc1onc(CN2CCOC(c3ccc(Cl)cc3)C2)c1C(=O)O. The number of hydrogen-bond acceptors (Lipinski definition) is 5. The van der Waals surface area contributed by atoms with Crippen LogP contribution >= 0.6 is 11.6 Å². The van der Waals surface area contributed by atoms with E-state index in [9.17, 15) is 9.90 Å². The zero-order chi connectivity index (χ0) is 16.4. The summed E-state index contributed by atoms with van der Waals surface area (Å²) in [4.78, 5) is 13.4. The minimum absolute atomic E-state index is 0.0673. The van der Waals surface area contributed by atoms with E-state index in [0.29, 0.717) is 36.2 Å². The van der Waals surface area contributed by atoms with E-state index < -0.39 is 5.97 Å².